The molecule has 0 spiro atoms. The maximum atomic E-state index is 10.9. The second kappa shape index (κ2) is 4.99. The fourth-order valence-electron chi connectivity index (χ4n) is 1.22. The summed E-state index contributed by atoms with van der Waals surface area (Å²) in [5.41, 5.74) is 0.714. The van der Waals surface area contributed by atoms with E-state index in [1.807, 2.05) is 12.1 Å². The van der Waals surface area contributed by atoms with Crippen molar-refractivity contribution in [3.05, 3.63) is 50.4 Å². The van der Waals surface area contributed by atoms with Gasteiger partial charge in [0.1, 0.15) is 0 Å². The fraction of sp³-hybridized carbons (Fsp3) is 0.100. The Balaban J connectivity index is 2.07. The van der Waals surface area contributed by atoms with Gasteiger partial charge in [0, 0.05) is 32.5 Å². The van der Waals surface area contributed by atoms with Crippen LogP contribution in [0.3, 0.4) is 0 Å². The van der Waals surface area contributed by atoms with Gasteiger partial charge in [0.25, 0.3) is 5.56 Å². The number of hydrogen-bond acceptors (Lipinski definition) is 2. The van der Waals surface area contributed by atoms with Gasteiger partial charge in [0.05, 0.1) is 0 Å². The average molecular weight is 275 g/mol. The maximum absolute atomic E-state index is 10.9. The largest absolute Gasteiger partial charge is 0.301 e. The normalized spacial score (nSPS) is 10.6. The summed E-state index contributed by atoms with van der Waals surface area (Å²) in [6.07, 6.45) is 0. The van der Waals surface area contributed by atoms with Gasteiger partial charge in [-0.2, -0.15) is 0 Å². The van der Waals surface area contributed by atoms with E-state index in [1.165, 1.54) is 6.07 Å². The van der Waals surface area contributed by atoms with Crippen LogP contribution in [0.2, 0.25) is 10.0 Å². The molecule has 16 heavy (non-hydrogen) atoms. The van der Waals surface area contributed by atoms with Crippen LogP contribution in [0.4, 0.5) is 0 Å². The molecule has 0 saturated carbocycles. The number of H-pyrrole nitrogens is 2. The van der Waals surface area contributed by atoms with E-state index in [2.05, 4.69) is 10.2 Å². The first-order chi connectivity index (χ1) is 7.63. The van der Waals surface area contributed by atoms with Gasteiger partial charge in [-0.3, -0.25) is 9.89 Å². The minimum Gasteiger partial charge on any atom is -0.301 e. The van der Waals surface area contributed by atoms with Gasteiger partial charge in [-0.05, 0) is 18.2 Å². The third-order valence-electron chi connectivity index (χ3n) is 1.88. The van der Waals surface area contributed by atoms with Gasteiger partial charge < -0.3 is 5.10 Å². The van der Waals surface area contributed by atoms with Crippen molar-refractivity contribution in [1.82, 2.24) is 10.2 Å². The molecule has 1 heterocycles. The quantitative estimate of drug-likeness (QED) is 0.844. The Hall–Kier alpha value is -0.840. The molecule has 84 valence electrons. The molecule has 0 amide bonds. The Bertz CT molecular complexity index is 529. The van der Waals surface area contributed by atoms with E-state index in [4.69, 9.17) is 23.2 Å². The summed E-state index contributed by atoms with van der Waals surface area (Å²) in [7, 11) is 0. The molecule has 2 aromatic rings. The lowest BCUT2D eigenvalue weighted by Gasteiger charge is -2.01. The summed E-state index contributed by atoms with van der Waals surface area (Å²) in [5.74, 6) is 0.662. The molecule has 0 aliphatic rings. The molecular weight excluding hydrogens is 267 g/mol. The van der Waals surface area contributed by atoms with Gasteiger partial charge in [0.15, 0.2) is 0 Å². The average Bonchev–Trinajstić information content (AvgIpc) is 2.60. The van der Waals surface area contributed by atoms with E-state index in [1.54, 1.807) is 17.8 Å². The van der Waals surface area contributed by atoms with Crippen molar-refractivity contribution in [1.29, 1.82) is 0 Å². The summed E-state index contributed by atoms with van der Waals surface area (Å²) in [6.45, 7) is 0. The van der Waals surface area contributed by atoms with Crippen molar-refractivity contribution in [2.24, 2.45) is 0 Å². The number of thioether (sulfide) groups is 1. The second-order valence-electron chi connectivity index (χ2n) is 3.18. The molecule has 2 N–H and O–H groups in total. The molecule has 1 aromatic carbocycles. The van der Waals surface area contributed by atoms with Crippen LogP contribution >= 0.6 is 35.0 Å². The third-order valence-corrected chi connectivity index (χ3v) is 3.34. The summed E-state index contributed by atoms with van der Waals surface area (Å²) in [5, 5.41) is 6.48. The smallest absolute Gasteiger partial charge is 0.264 e. The number of aromatic amines is 2. The highest BCUT2D eigenvalue weighted by atomic mass is 35.5. The SMILES string of the molecule is O=c1cc(CSc2cc(Cl)cc(Cl)c2)[nH][nH]1. The highest BCUT2D eigenvalue weighted by molar-refractivity contribution is 7.98. The van der Waals surface area contributed by atoms with Crippen LogP contribution in [0.15, 0.2) is 34.0 Å². The molecule has 0 unspecified atom stereocenters. The standard InChI is InChI=1S/C10H8Cl2N2OS/c11-6-1-7(12)3-9(2-6)16-5-8-4-10(15)14-13-8/h1-4H,5H2,(H2,13,14,15). The maximum Gasteiger partial charge on any atom is 0.264 e. The van der Waals surface area contributed by atoms with Crippen LogP contribution in [0.1, 0.15) is 5.69 Å². The van der Waals surface area contributed by atoms with Crippen LogP contribution in [0, 0.1) is 0 Å². The zero-order valence-electron chi connectivity index (χ0n) is 8.09. The Labute approximate surface area is 106 Å². The van der Waals surface area contributed by atoms with Gasteiger partial charge in [-0.25, -0.2) is 0 Å². The molecule has 0 aliphatic heterocycles. The lowest BCUT2D eigenvalue weighted by atomic mass is 10.4. The van der Waals surface area contributed by atoms with E-state index < -0.39 is 0 Å². The third kappa shape index (κ3) is 3.07. The van der Waals surface area contributed by atoms with Crippen molar-refractivity contribution >= 4 is 35.0 Å². The van der Waals surface area contributed by atoms with Crippen LogP contribution in [-0.4, -0.2) is 10.2 Å². The highest BCUT2D eigenvalue weighted by Crippen LogP contribution is 2.28. The number of nitrogens with one attached hydrogen (secondary N) is 2. The number of hydrogen-bond donors (Lipinski definition) is 2. The molecule has 3 nitrogen and oxygen atoms in total. The van der Waals surface area contributed by atoms with E-state index in [9.17, 15) is 4.79 Å². The molecule has 0 bridgehead atoms. The summed E-state index contributed by atoms with van der Waals surface area (Å²) >= 11 is 13.3. The van der Waals surface area contributed by atoms with Crippen LogP contribution < -0.4 is 5.56 Å². The van der Waals surface area contributed by atoms with Crippen LogP contribution in [0.5, 0.6) is 0 Å². The molecule has 1 aromatic heterocycles. The van der Waals surface area contributed by atoms with Gasteiger partial charge in [0.2, 0.25) is 0 Å². The number of halogens is 2. The van der Waals surface area contributed by atoms with Crippen LogP contribution in [0.25, 0.3) is 0 Å². The highest BCUT2D eigenvalue weighted by Gasteiger charge is 2.01. The molecule has 0 radical (unpaired) electrons. The van der Waals surface area contributed by atoms with Crippen molar-refractivity contribution < 1.29 is 0 Å². The number of aromatic nitrogens is 2. The number of benzene rings is 1. The topological polar surface area (TPSA) is 48.6 Å². The Morgan fingerprint density at radius 3 is 2.31 bits per heavy atom. The summed E-state index contributed by atoms with van der Waals surface area (Å²) in [4.78, 5) is 11.8. The predicted octanol–water partition coefficient (Wildman–Crippen LogP) is 3.30. The van der Waals surface area contributed by atoms with E-state index in [0.717, 1.165) is 10.6 Å². The first-order valence-electron chi connectivity index (χ1n) is 4.49. The molecule has 0 saturated heterocycles. The summed E-state index contributed by atoms with van der Waals surface area (Å²) < 4.78 is 0. The Kier molecular flexibility index (Phi) is 3.63. The molecule has 0 fully saturated rings. The predicted molar refractivity (Wildman–Crippen MR) is 67.4 cm³/mol. The van der Waals surface area contributed by atoms with Crippen molar-refractivity contribution in [2.45, 2.75) is 10.6 Å². The Morgan fingerprint density at radius 2 is 1.75 bits per heavy atom. The zero-order valence-corrected chi connectivity index (χ0v) is 10.4. The van der Waals surface area contributed by atoms with Gasteiger partial charge >= 0.3 is 0 Å². The Morgan fingerprint density at radius 1 is 1.06 bits per heavy atom. The minimum atomic E-state index is -0.125. The van der Waals surface area contributed by atoms with Gasteiger partial charge in [-0.1, -0.05) is 23.2 Å². The van der Waals surface area contributed by atoms with E-state index in [0.29, 0.717) is 15.8 Å². The fourth-order valence-corrected chi connectivity index (χ4v) is 2.78. The van der Waals surface area contributed by atoms with Crippen molar-refractivity contribution in [3.63, 3.8) is 0 Å². The lowest BCUT2D eigenvalue weighted by molar-refractivity contribution is 1.01. The molecular formula is C10H8Cl2N2OS. The van der Waals surface area contributed by atoms with Crippen LogP contribution in [-0.2, 0) is 5.75 Å². The molecule has 2 rings (SSSR count). The molecule has 0 aliphatic carbocycles. The monoisotopic (exact) mass is 274 g/mol. The van der Waals surface area contributed by atoms with E-state index >= 15 is 0 Å². The van der Waals surface area contributed by atoms with Crippen molar-refractivity contribution in [2.75, 3.05) is 0 Å². The van der Waals surface area contributed by atoms with Gasteiger partial charge in [-0.15, -0.1) is 11.8 Å². The van der Waals surface area contributed by atoms with E-state index in [-0.39, 0.29) is 5.56 Å². The first kappa shape index (κ1) is 11.6. The lowest BCUT2D eigenvalue weighted by Crippen LogP contribution is -1.93. The molecule has 0 atom stereocenters. The first-order valence-corrected chi connectivity index (χ1v) is 6.23. The van der Waals surface area contributed by atoms with Crippen molar-refractivity contribution in [3.8, 4) is 0 Å². The zero-order chi connectivity index (χ0) is 11.5. The molecule has 6 heteroatoms. The number of rotatable bonds is 3. The second-order valence-corrected chi connectivity index (χ2v) is 5.10. The summed E-state index contributed by atoms with van der Waals surface area (Å²) in [6, 6.07) is 6.89. The minimum absolute atomic E-state index is 0.125.